The van der Waals surface area contributed by atoms with Crippen molar-refractivity contribution in [3.63, 3.8) is 0 Å². The Balaban J connectivity index is 5.33. The lowest BCUT2D eigenvalue weighted by molar-refractivity contribution is -0.161. The molecule has 0 rings (SSSR count). The third-order valence-corrected chi connectivity index (χ3v) is 17.9. The largest absolute Gasteiger partial charge is 0.472 e. The van der Waals surface area contributed by atoms with Gasteiger partial charge in [0.15, 0.2) is 12.2 Å². The first kappa shape index (κ1) is 90.0. The molecule has 19 heteroatoms. The van der Waals surface area contributed by atoms with Crippen LogP contribution in [-0.2, 0) is 65.4 Å². The number of hydrogen-bond donors (Lipinski definition) is 3. The summed E-state index contributed by atoms with van der Waals surface area (Å²) in [5.74, 6) is -0.725. The molecule has 0 heterocycles. The molecule has 0 aromatic heterocycles. The van der Waals surface area contributed by atoms with E-state index in [1.165, 1.54) is 116 Å². The molecule has 0 bridgehead atoms. The minimum absolute atomic E-state index is 0.0778. The Labute approximate surface area is 566 Å². The monoisotopic (exact) mass is 1360 g/mol. The van der Waals surface area contributed by atoms with Gasteiger partial charge in [-0.1, -0.05) is 276 Å². The topological polar surface area (TPSA) is 237 Å². The van der Waals surface area contributed by atoms with Crippen LogP contribution < -0.4 is 0 Å². The molecule has 17 nitrogen and oxygen atoms in total. The molecule has 0 fully saturated rings. The highest BCUT2D eigenvalue weighted by atomic mass is 31.2. The lowest BCUT2D eigenvalue weighted by Gasteiger charge is -2.21. The number of aliphatic hydroxyl groups is 1. The van der Waals surface area contributed by atoms with Gasteiger partial charge in [0.2, 0.25) is 0 Å². The predicted octanol–water partition coefficient (Wildman–Crippen LogP) is 20.7. The Morgan fingerprint density at radius 3 is 0.871 bits per heavy atom. The van der Waals surface area contributed by atoms with E-state index in [9.17, 15) is 43.2 Å². The average molecular weight is 1360 g/mol. The van der Waals surface area contributed by atoms with Crippen LogP contribution in [0.25, 0.3) is 0 Å². The maximum atomic E-state index is 13.0. The van der Waals surface area contributed by atoms with Crippen molar-refractivity contribution in [3.05, 3.63) is 48.6 Å². The van der Waals surface area contributed by atoms with Crippen molar-refractivity contribution in [1.29, 1.82) is 0 Å². The van der Waals surface area contributed by atoms with Crippen LogP contribution in [0, 0.1) is 11.8 Å². The molecule has 0 aliphatic rings. The van der Waals surface area contributed by atoms with E-state index in [0.29, 0.717) is 25.7 Å². The van der Waals surface area contributed by atoms with Gasteiger partial charge in [-0.15, -0.1) is 0 Å². The Morgan fingerprint density at radius 1 is 0.333 bits per heavy atom. The smallest absolute Gasteiger partial charge is 0.462 e. The predicted molar refractivity (Wildman–Crippen MR) is 376 cm³/mol. The van der Waals surface area contributed by atoms with Crippen molar-refractivity contribution in [3.8, 4) is 0 Å². The molecule has 3 unspecified atom stereocenters. The maximum absolute atomic E-state index is 13.0. The molecule has 0 aliphatic heterocycles. The van der Waals surface area contributed by atoms with Crippen LogP contribution in [0.1, 0.15) is 330 Å². The van der Waals surface area contributed by atoms with E-state index in [0.717, 1.165) is 134 Å². The molecule has 0 spiro atoms. The third kappa shape index (κ3) is 67.4. The fourth-order valence-corrected chi connectivity index (χ4v) is 11.8. The van der Waals surface area contributed by atoms with E-state index in [2.05, 4.69) is 90.2 Å². The van der Waals surface area contributed by atoms with E-state index in [1.807, 2.05) is 0 Å². The number of phosphoric ester groups is 2. The molecular formula is C74H136O17P2. The van der Waals surface area contributed by atoms with Gasteiger partial charge in [-0.3, -0.25) is 37.3 Å². The summed E-state index contributed by atoms with van der Waals surface area (Å²) in [4.78, 5) is 72.7. The van der Waals surface area contributed by atoms with Gasteiger partial charge in [0, 0.05) is 25.7 Å². The van der Waals surface area contributed by atoms with Gasteiger partial charge in [-0.2, -0.15) is 0 Å². The summed E-state index contributed by atoms with van der Waals surface area (Å²) >= 11 is 0. The SMILES string of the molecule is CCCCCC/C=C\C=C/CCCCCCCC(=O)OC[C@H](COP(=O)(O)OCC(O)COP(=O)(O)OC[C@@H](COC(=O)CCCCCCCCCCC(C)C)OC(=O)CCCCCCCCCCCC(C)C)OC(=O)CCCCCCC/C=C\C=C/CCCCCC. The van der Waals surface area contributed by atoms with Crippen molar-refractivity contribution >= 4 is 39.5 Å². The zero-order valence-corrected chi connectivity index (χ0v) is 61.3. The molecule has 3 N–H and O–H groups in total. The summed E-state index contributed by atoms with van der Waals surface area (Å²) in [6, 6.07) is 0. The Hall–Kier alpha value is -2.98. The van der Waals surface area contributed by atoms with Crippen LogP contribution in [0.3, 0.4) is 0 Å². The summed E-state index contributed by atoms with van der Waals surface area (Å²) in [7, 11) is -9.93. The lowest BCUT2D eigenvalue weighted by atomic mass is 10.0. The van der Waals surface area contributed by atoms with E-state index in [-0.39, 0.29) is 25.7 Å². The molecule has 0 amide bonds. The van der Waals surface area contributed by atoms with Crippen LogP contribution in [0.5, 0.6) is 0 Å². The fourth-order valence-electron chi connectivity index (χ4n) is 10.2. The van der Waals surface area contributed by atoms with Gasteiger partial charge in [0.05, 0.1) is 26.4 Å². The summed E-state index contributed by atoms with van der Waals surface area (Å²) in [6.07, 6.45) is 57.1. The Bertz CT molecular complexity index is 1990. The lowest BCUT2D eigenvalue weighted by Crippen LogP contribution is -2.30. The first-order chi connectivity index (χ1) is 44.9. The van der Waals surface area contributed by atoms with Crippen molar-refractivity contribution in [2.45, 2.75) is 349 Å². The molecule has 544 valence electrons. The zero-order chi connectivity index (χ0) is 68.6. The van der Waals surface area contributed by atoms with Crippen LogP contribution >= 0.6 is 15.6 Å². The van der Waals surface area contributed by atoms with Gasteiger partial charge >= 0.3 is 39.5 Å². The van der Waals surface area contributed by atoms with Crippen LogP contribution in [0.4, 0.5) is 0 Å². The number of hydrogen-bond acceptors (Lipinski definition) is 15. The summed E-state index contributed by atoms with van der Waals surface area (Å²) in [5.41, 5.74) is 0. The normalized spacial score (nSPS) is 14.4. The highest BCUT2D eigenvalue weighted by Crippen LogP contribution is 2.45. The Morgan fingerprint density at radius 2 is 0.581 bits per heavy atom. The molecule has 0 saturated heterocycles. The molecular weight excluding hydrogens is 1220 g/mol. The average Bonchev–Trinajstić information content (AvgIpc) is 2.69. The summed E-state index contributed by atoms with van der Waals surface area (Å²) in [6.45, 7) is 9.38. The van der Waals surface area contributed by atoms with Crippen LogP contribution in [0.2, 0.25) is 0 Å². The molecule has 0 aromatic rings. The van der Waals surface area contributed by atoms with Crippen molar-refractivity contribution in [2.75, 3.05) is 39.6 Å². The van der Waals surface area contributed by atoms with Gasteiger partial charge in [-0.25, -0.2) is 9.13 Å². The number of allylic oxidation sites excluding steroid dienone is 8. The highest BCUT2D eigenvalue weighted by Gasteiger charge is 2.30. The number of unbranched alkanes of at least 4 members (excludes halogenated alkanes) is 33. The van der Waals surface area contributed by atoms with Crippen LogP contribution in [0.15, 0.2) is 48.6 Å². The van der Waals surface area contributed by atoms with E-state index in [4.69, 9.17) is 37.0 Å². The summed E-state index contributed by atoms with van der Waals surface area (Å²) < 4.78 is 68.3. The van der Waals surface area contributed by atoms with E-state index >= 15 is 0 Å². The van der Waals surface area contributed by atoms with Crippen molar-refractivity contribution < 1.29 is 80.2 Å². The van der Waals surface area contributed by atoms with Gasteiger partial charge < -0.3 is 33.8 Å². The molecule has 0 saturated carbocycles. The zero-order valence-electron chi connectivity index (χ0n) is 59.5. The first-order valence-electron chi connectivity index (χ1n) is 37.1. The second-order valence-electron chi connectivity index (χ2n) is 26.3. The number of carbonyl (C=O) groups is 4. The minimum Gasteiger partial charge on any atom is -0.462 e. The number of phosphoric acid groups is 2. The number of carbonyl (C=O) groups excluding carboxylic acids is 4. The fraction of sp³-hybridized carbons (Fsp3) is 0.838. The van der Waals surface area contributed by atoms with E-state index < -0.39 is 97.5 Å². The van der Waals surface area contributed by atoms with Gasteiger partial charge in [0.25, 0.3) is 0 Å². The van der Waals surface area contributed by atoms with Crippen molar-refractivity contribution in [1.82, 2.24) is 0 Å². The van der Waals surface area contributed by atoms with E-state index in [1.54, 1.807) is 0 Å². The number of aliphatic hydroxyl groups excluding tert-OH is 1. The number of rotatable bonds is 69. The molecule has 5 atom stereocenters. The minimum atomic E-state index is -4.97. The number of ether oxygens (including phenoxy) is 4. The second-order valence-corrected chi connectivity index (χ2v) is 29.2. The summed E-state index contributed by atoms with van der Waals surface area (Å²) in [5, 5.41) is 10.6. The third-order valence-electron chi connectivity index (χ3n) is 16.0. The van der Waals surface area contributed by atoms with Crippen LogP contribution in [-0.4, -0.2) is 96.7 Å². The second kappa shape index (κ2) is 65.0. The Kier molecular flexibility index (Phi) is 62.9. The molecule has 0 radical (unpaired) electrons. The maximum Gasteiger partial charge on any atom is 0.472 e. The molecule has 0 aromatic carbocycles. The van der Waals surface area contributed by atoms with Crippen molar-refractivity contribution in [2.24, 2.45) is 11.8 Å². The molecule has 0 aliphatic carbocycles. The van der Waals surface area contributed by atoms with Gasteiger partial charge in [-0.05, 0) is 88.9 Å². The quantitative estimate of drug-likeness (QED) is 0.0169. The first-order valence-corrected chi connectivity index (χ1v) is 40.1. The standard InChI is InChI=1S/C74H136O17P2/c1-7-9-11-13-15-17-19-21-23-25-27-31-38-44-50-56-71(76)84-62-69(90-73(78)58-52-46-40-32-28-26-24-22-20-18-16-14-12-10-8-2)64-88-92(80,81)86-60-68(75)61-87-93(82,83)89-65-70(63-85-72(77)57-51-45-39-35-34-37-43-49-55-67(5)6)91-74(79)59-53-47-41-33-29-30-36-42-48-54-66(3)4/h17-24,66-70,75H,7-16,25-65H2,1-6H3,(H,80,81)(H,82,83)/b19-17-,20-18-,23-21-,24-22-/t68?,69-,70-/m1/s1. The molecule has 93 heavy (non-hydrogen) atoms. The number of esters is 4. The highest BCUT2D eigenvalue weighted by molar-refractivity contribution is 7.47. The van der Waals surface area contributed by atoms with Gasteiger partial charge in [0.1, 0.15) is 19.3 Å².